The summed E-state index contributed by atoms with van der Waals surface area (Å²) in [6, 6.07) is 19.8. The van der Waals surface area contributed by atoms with E-state index in [1.54, 1.807) is 0 Å². The third kappa shape index (κ3) is 2.61. The van der Waals surface area contributed by atoms with Gasteiger partial charge in [-0.05, 0) is 17.7 Å². The minimum Gasteiger partial charge on any atom is -0.394 e. The van der Waals surface area contributed by atoms with Crippen LogP contribution in [-0.4, -0.2) is 11.7 Å². The molecule has 0 aliphatic rings. The summed E-state index contributed by atoms with van der Waals surface area (Å²) in [4.78, 5) is 0. The van der Waals surface area contributed by atoms with Gasteiger partial charge in [0, 0.05) is 5.69 Å². The summed E-state index contributed by atoms with van der Waals surface area (Å²) < 4.78 is 0. The molecule has 2 nitrogen and oxygen atoms in total. The van der Waals surface area contributed by atoms with E-state index in [4.69, 9.17) is 0 Å². The summed E-state index contributed by atoms with van der Waals surface area (Å²) in [7, 11) is 0. The Balaban J connectivity index is 2.13. The molecule has 0 aromatic heterocycles. The van der Waals surface area contributed by atoms with Gasteiger partial charge in [0.05, 0.1) is 12.6 Å². The van der Waals surface area contributed by atoms with Gasteiger partial charge in [-0.15, -0.1) is 0 Å². The molecule has 0 spiro atoms. The van der Waals surface area contributed by atoms with Gasteiger partial charge in [-0.2, -0.15) is 0 Å². The zero-order chi connectivity index (χ0) is 11.2. The smallest absolute Gasteiger partial charge is 0.0745 e. The van der Waals surface area contributed by atoms with Crippen molar-refractivity contribution in [3.05, 3.63) is 66.2 Å². The topological polar surface area (TPSA) is 32.3 Å². The van der Waals surface area contributed by atoms with Crippen LogP contribution in [0.5, 0.6) is 0 Å². The predicted molar refractivity (Wildman–Crippen MR) is 66.3 cm³/mol. The van der Waals surface area contributed by atoms with Crippen LogP contribution in [0.1, 0.15) is 11.6 Å². The largest absolute Gasteiger partial charge is 0.394 e. The molecule has 0 bridgehead atoms. The first kappa shape index (κ1) is 10.7. The highest BCUT2D eigenvalue weighted by atomic mass is 16.3. The predicted octanol–water partition coefficient (Wildman–Crippen LogP) is 2.83. The molecule has 2 N–H and O–H groups in total. The Morgan fingerprint density at radius 3 is 2.00 bits per heavy atom. The lowest BCUT2D eigenvalue weighted by Crippen LogP contribution is -2.14. The maximum absolute atomic E-state index is 9.38. The molecule has 82 valence electrons. The van der Waals surface area contributed by atoms with Gasteiger partial charge in [0.25, 0.3) is 0 Å². The standard InChI is InChI=1S/C14H15NO/c16-11-14(12-7-3-1-4-8-12)15-13-9-5-2-6-10-13/h1-10,14-16H,11H2. The first-order valence-corrected chi connectivity index (χ1v) is 5.37. The van der Waals surface area contributed by atoms with Crippen molar-refractivity contribution in [1.82, 2.24) is 0 Å². The zero-order valence-electron chi connectivity index (χ0n) is 9.01. The molecular weight excluding hydrogens is 198 g/mol. The molecule has 0 aliphatic heterocycles. The maximum atomic E-state index is 9.38. The SMILES string of the molecule is OCC(Nc1ccccc1)c1ccccc1. The molecule has 16 heavy (non-hydrogen) atoms. The number of para-hydroxylation sites is 1. The second-order valence-electron chi connectivity index (χ2n) is 3.66. The van der Waals surface area contributed by atoms with E-state index in [9.17, 15) is 5.11 Å². The third-order valence-corrected chi connectivity index (χ3v) is 2.50. The van der Waals surface area contributed by atoms with Crippen molar-refractivity contribution in [3.63, 3.8) is 0 Å². The number of hydrogen-bond acceptors (Lipinski definition) is 2. The summed E-state index contributed by atoms with van der Waals surface area (Å²) >= 11 is 0. The fourth-order valence-electron chi connectivity index (χ4n) is 1.66. The minimum atomic E-state index is -0.0522. The van der Waals surface area contributed by atoms with Crippen LogP contribution >= 0.6 is 0 Å². The monoisotopic (exact) mass is 213 g/mol. The highest BCUT2D eigenvalue weighted by molar-refractivity contribution is 5.45. The normalized spacial score (nSPS) is 12.1. The number of nitrogens with one attached hydrogen (secondary N) is 1. The molecule has 1 unspecified atom stereocenters. The van der Waals surface area contributed by atoms with Crippen LogP contribution < -0.4 is 5.32 Å². The number of hydrogen-bond donors (Lipinski definition) is 2. The van der Waals surface area contributed by atoms with Crippen LogP contribution in [0.3, 0.4) is 0 Å². The van der Waals surface area contributed by atoms with Crippen LogP contribution in [0, 0.1) is 0 Å². The lowest BCUT2D eigenvalue weighted by Gasteiger charge is -2.17. The number of aliphatic hydroxyl groups is 1. The Kier molecular flexibility index (Phi) is 3.57. The van der Waals surface area contributed by atoms with E-state index in [1.807, 2.05) is 60.7 Å². The third-order valence-electron chi connectivity index (χ3n) is 2.50. The maximum Gasteiger partial charge on any atom is 0.0745 e. The van der Waals surface area contributed by atoms with Crippen molar-refractivity contribution in [2.75, 3.05) is 11.9 Å². The summed E-state index contributed by atoms with van der Waals surface area (Å²) in [6.07, 6.45) is 0. The molecule has 0 saturated heterocycles. The molecule has 0 saturated carbocycles. The molecular formula is C14H15NO. The number of aliphatic hydroxyl groups excluding tert-OH is 1. The van der Waals surface area contributed by atoms with Gasteiger partial charge in [0.1, 0.15) is 0 Å². The van der Waals surface area contributed by atoms with E-state index in [-0.39, 0.29) is 12.6 Å². The van der Waals surface area contributed by atoms with Crippen molar-refractivity contribution in [2.24, 2.45) is 0 Å². The fraction of sp³-hybridized carbons (Fsp3) is 0.143. The van der Waals surface area contributed by atoms with Crippen molar-refractivity contribution in [3.8, 4) is 0 Å². The fourth-order valence-corrected chi connectivity index (χ4v) is 1.66. The molecule has 0 heterocycles. The van der Waals surface area contributed by atoms with Crippen LogP contribution in [0.4, 0.5) is 5.69 Å². The van der Waals surface area contributed by atoms with Crippen molar-refractivity contribution < 1.29 is 5.11 Å². The summed E-state index contributed by atoms with van der Waals surface area (Å²) in [5, 5.41) is 12.7. The van der Waals surface area contributed by atoms with Gasteiger partial charge in [0.15, 0.2) is 0 Å². The van der Waals surface area contributed by atoms with Crippen LogP contribution in [-0.2, 0) is 0 Å². The molecule has 1 atom stereocenters. The van der Waals surface area contributed by atoms with E-state index in [0.29, 0.717) is 0 Å². The first-order valence-electron chi connectivity index (χ1n) is 5.37. The van der Waals surface area contributed by atoms with E-state index in [1.165, 1.54) is 0 Å². The minimum absolute atomic E-state index is 0.0522. The van der Waals surface area contributed by atoms with E-state index in [2.05, 4.69) is 5.32 Å². The first-order chi connectivity index (χ1) is 7.90. The van der Waals surface area contributed by atoms with Crippen molar-refractivity contribution in [2.45, 2.75) is 6.04 Å². The average molecular weight is 213 g/mol. The summed E-state index contributed by atoms with van der Waals surface area (Å²) in [5.41, 5.74) is 2.11. The molecule has 2 heteroatoms. The van der Waals surface area contributed by atoms with E-state index in [0.717, 1.165) is 11.3 Å². The molecule has 0 amide bonds. The molecule has 2 aromatic carbocycles. The Morgan fingerprint density at radius 1 is 0.875 bits per heavy atom. The van der Waals surface area contributed by atoms with Gasteiger partial charge >= 0.3 is 0 Å². The lowest BCUT2D eigenvalue weighted by molar-refractivity contribution is 0.276. The second-order valence-corrected chi connectivity index (χ2v) is 3.66. The molecule has 0 fully saturated rings. The van der Waals surface area contributed by atoms with E-state index < -0.39 is 0 Å². The van der Waals surface area contributed by atoms with Gasteiger partial charge in [0.2, 0.25) is 0 Å². The van der Waals surface area contributed by atoms with Crippen LogP contribution in [0.15, 0.2) is 60.7 Å². The zero-order valence-corrected chi connectivity index (χ0v) is 9.01. The second kappa shape index (κ2) is 5.33. The Morgan fingerprint density at radius 2 is 1.44 bits per heavy atom. The van der Waals surface area contributed by atoms with Gasteiger partial charge < -0.3 is 10.4 Å². The lowest BCUT2D eigenvalue weighted by atomic mass is 10.1. The molecule has 2 rings (SSSR count). The van der Waals surface area contributed by atoms with Crippen molar-refractivity contribution >= 4 is 5.69 Å². The summed E-state index contributed by atoms with van der Waals surface area (Å²) in [5.74, 6) is 0. The van der Waals surface area contributed by atoms with Crippen LogP contribution in [0.2, 0.25) is 0 Å². The Bertz CT molecular complexity index is 413. The number of rotatable bonds is 4. The van der Waals surface area contributed by atoms with E-state index >= 15 is 0 Å². The Hall–Kier alpha value is -1.80. The molecule has 2 aromatic rings. The van der Waals surface area contributed by atoms with Gasteiger partial charge in [-0.3, -0.25) is 0 Å². The van der Waals surface area contributed by atoms with Crippen molar-refractivity contribution in [1.29, 1.82) is 0 Å². The quantitative estimate of drug-likeness (QED) is 0.818. The molecule has 0 aliphatic carbocycles. The van der Waals surface area contributed by atoms with Crippen LogP contribution in [0.25, 0.3) is 0 Å². The highest BCUT2D eigenvalue weighted by Gasteiger charge is 2.08. The highest BCUT2D eigenvalue weighted by Crippen LogP contribution is 2.18. The van der Waals surface area contributed by atoms with Gasteiger partial charge in [-0.25, -0.2) is 0 Å². The average Bonchev–Trinajstić information content (AvgIpc) is 2.38. The number of benzene rings is 2. The summed E-state index contributed by atoms with van der Waals surface area (Å²) in [6.45, 7) is 0.0822. The van der Waals surface area contributed by atoms with Gasteiger partial charge in [-0.1, -0.05) is 48.5 Å². The molecule has 0 radical (unpaired) electrons. The Labute approximate surface area is 95.6 Å². The number of anilines is 1.